The van der Waals surface area contributed by atoms with E-state index in [2.05, 4.69) is 21.9 Å². The third kappa shape index (κ3) is 2.67. The summed E-state index contributed by atoms with van der Waals surface area (Å²) in [5.41, 5.74) is 2.46. The van der Waals surface area contributed by atoms with Gasteiger partial charge in [-0.2, -0.15) is 0 Å². The summed E-state index contributed by atoms with van der Waals surface area (Å²) in [6.07, 6.45) is 7.87. The van der Waals surface area contributed by atoms with Gasteiger partial charge in [0.1, 0.15) is 5.82 Å². The predicted octanol–water partition coefficient (Wildman–Crippen LogP) is 3.48. The van der Waals surface area contributed by atoms with Gasteiger partial charge in [-0.3, -0.25) is 4.40 Å². The van der Waals surface area contributed by atoms with Crippen LogP contribution < -0.4 is 0 Å². The number of aryl methyl sites for hydroxylation is 1. The molecule has 0 spiro atoms. The van der Waals surface area contributed by atoms with Crippen molar-refractivity contribution in [1.82, 2.24) is 23.9 Å². The first-order chi connectivity index (χ1) is 12.2. The van der Waals surface area contributed by atoms with Crippen molar-refractivity contribution >= 4 is 5.78 Å². The fourth-order valence-corrected chi connectivity index (χ4v) is 2.98. The molecule has 4 rings (SSSR count). The van der Waals surface area contributed by atoms with Gasteiger partial charge in [0, 0.05) is 36.0 Å². The van der Waals surface area contributed by atoms with E-state index in [-0.39, 0.29) is 0 Å². The lowest BCUT2D eigenvalue weighted by Crippen LogP contribution is -2.05. The normalized spacial score (nSPS) is 11.3. The zero-order chi connectivity index (χ0) is 17.4. The third-order valence-corrected chi connectivity index (χ3v) is 4.13. The molecule has 0 saturated heterocycles. The van der Waals surface area contributed by atoms with Crippen LogP contribution in [-0.4, -0.2) is 23.9 Å². The highest BCUT2D eigenvalue weighted by Crippen LogP contribution is 2.22. The molecule has 0 aliphatic carbocycles. The van der Waals surface area contributed by atoms with Gasteiger partial charge < -0.3 is 4.57 Å². The molecule has 126 valence electrons. The van der Waals surface area contributed by atoms with Crippen LogP contribution in [0.3, 0.4) is 0 Å². The first-order valence-electron chi connectivity index (χ1n) is 7.94. The SMILES string of the molecule is CCc1c(Cn2ccnc2-c2ccc(F)c(F)c2)nc2ncccn12. The number of halogens is 2. The summed E-state index contributed by atoms with van der Waals surface area (Å²) in [7, 11) is 0. The van der Waals surface area contributed by atoms with Gasteiger partial charge in [-0.25, -0.2) is 23.7 Å². The topological polar surface area (TPSA) is 48.0 Å². The minimum absolute atomic E-state index is 0.473. The summed E-state index contributed by atoms with van der Waals surface area (Å²) in [5, 5.41) is 0. The first-order valence-corrected chi connectivity index (χ1v) is 7.94. The molecule has 0 saturated carbocycles. The summed E-state index contributed by atoms with van der Waals surface area (Å²) in [6, 6.07) is 5.64. The third-order valence-electron chi connectivity index (χ3n) is 4.13. The molecular formula is C18H15F2N5. The second-order valence-corrected chi connectivity index (χ2v) is 5.66. The van der Waals surface area contributed by atoms with Crippen molar-refractivity contribution in [3.63, 3.8) is 0 Å². The van der Waals surface area contributed by atoms with E-state index in [4.69, 9.17) is 0 Å². The molecule has 0 atom stereocenters. The standard InChI is InChI=1S/C18H15F2N5/c1-2-16-15(23-18-22-6-3-8-25(16)18)11-24-9-7-21-17(24)12-4-5-13(19)14(20)10-12/h3-10H,2,11H2,1H3. The van der Waals surface area contributed by atoms with Gasteiger partial charge in [0.05, 0.1) is 12.2 Å². The van der Waals surface area contributed by atoms with E-state index in [0.717, 1.165) is 29.9 Å². The van der Waals surface area contributed by atoms with Crippen molar-refractivity contribution in [3.05, 3.63) is 72.1 Å². The molecule has 1 aromatic carbocycles. The number of benzene rings is 1. The van der Waals surface area contributed by atoms with E-state index in [1.54, 1.807) is 18.6 Å². The highest BCUT2D eigenvalue weighted by Gasteiger charge is 2.15. The molecule has 0 bridgehead atoms. The lowest BCUT2D eigenvalue weighted by atomic mass is 10.2. The fourth-order valence-electron chi connectivity index (χ4n) is 2.98. The van der Waals surface area contributed by atoms with Gasteiger partial charge in [0.25, 0.3) is 0 Å². The summed E-state index contributed by atoms with van der Waals surface area (Å²) < 4.78 is 30.6. The quantitative estimate of drug-likeness (QED) is 0.572. The molecule has 0 N–H and O–H groups in total. The fraction of sp³-hybridized carbons (Fsp3) is 0.167. The maximum Gasteiger partial charge on any atom is 0.234 e. The Morgan fingerprint density at radius 3 is 2.72 bits per heavy atom. The summed E-state index contributed by atoms with van der Waals surface area (Å²) >= 11 is 0. The number of hydrogen-bond donors (Lipinski definition) is 0. The Balaban J connectivity index is 1.75. The van der Waals surface area contributed by atoms with Crippen LogP contribution in [-0.2, 0) is 13.0 Å². The zero-order valence-corrected chi connectivity index (χ0v) is 13.5. The second-order valence-electron chi connectivity index (χ2n) is 5.66. The van der Waals surface area contributed by atoms with Crippen molar-refractivity contribution in [3.8, 4) is 11.4 Å². The number of nitrogens with zero attached hydrogens (tertiary/aromatic N) is 5. The van der Waals surface area contributed by atoms with Crippen LogP contribution in [0.25, 0.3) is 17.2 Å². The molecule has 4 aromatic rings. The summed E-state index contributed by atoms with van der Waals surface area (Å²) in [6.45, 7) is 2.53. The molecule has 25 heavy (non-hydrogen) atoms. The summed E-state index contributed by atoms with van der Waals surface area (Å²) in [5.74, 6) is -0.561. The Hall–Kier alpha value is -3.09. The van der Waals surface area contributed by atoms with Crippen LogP contribution >= 0.6 is 0 Å². The first kappa shape index (κ1) is 15.4. The van der Waals surface area contributed by atoms with Crippen LogP contribution in [0.15, 0.2) is 49.1 Å². The second kappa shape index (κ2) is 6.08. The Bertz CT molecular complexity index is 1050. The molecule has 0 amide bonds. The van der Waals surface area contributed by atoms with Gasteiger partial charge in [-0.15, -0.1) is 0 Å². The largest absolute Gasteiger partial charge is 0.325 e. The Morgan fingerprint density at radius 2 is 1.92 bits per heavy atom. The van der Waals surface area contributed by atoms with Crippen molar-refractivity contribution in [2.75, 3.05) is 0 Å². The van der Waals surface area contributed by atoms with Gasteiger partial charge in [-0.05, 0) is 30.7 Å². The Morgan fingerprint density at radius 1 is 1.04 bits per heavy atom. The van der Waals surface area contributed by atoms with Crippen LogP contribution in [0.4, 0.5) is 8.78 Å². The van der Waals surface area contributed by atoms with Crippen molar-refractivity contribution in [1.29, 1.82) is 0 Å². The van der Waals surface area contributed by atoms with E-state index in [9.17, 15) is 8.78 Å². The average molecular weight is 339 g/mol. The molecule has 0 unspecified atom stereocenters. The van der Waals surface area contributed by atoms with Crippen LogP contribution in [0, 0.1) is 11.6 Å². The van der Waals surface area contributed by atoms with Crippen molar-refractivity contribution in [2.45, 2.75) is 19.9 Å². The zero-order valence-electron chi connectivity index (χ0n) is 13.5. The maximum absolute atomic E-state index is 13.6. The molecule has 3 aromatic heterocycles. The van der Waals surface area contributed by atoms with E-state index in [1.165, 1.54) is 6.07 Å². The van der Waals surface area contributed by atoms with Gasteiger partial charge in [0.15, 0.2) is 11.6 Å². The molecule has 0 aliphatic heterocycles. The smallest absolute Gasteiger partial charge is 0.234 e. The minimum atomic E-state index is -0.891. The monoisotopic (exact) mass is 339 g/mol. The Labute approximate surface area is 142 Å². The number of aromatic nitrogens is 5. The molecule has 0 radical (unpaired) electrons. The van der Waals surface area contributed by atoms with Crippen LogP contribution in [0.1, 0.15) is 18.3 Å². The average Bonchev–Trinajstić information content (AvgIpc) is 3.21. The van der Waals surface area contributed by atoms with Gasteiger partial charge in [-0.1, -0.05) is 6.92 Å². The lowest BCUT2D eigenvalue weighted by molar-refractivity contribution is 0.509. The van der Waals surface area contributed by atoms with E-state index < -0.39 is 11.6 Å². The van der Waals surface area contributed by atoms with E-state index in [1.807, 2.05) is 21.2 Å². The molecular weight excluding hydrogens is 324 g/mol. The maximum atomic E-state index is 13.6. The van der Waals surface area contributed by atoms with Crippen LogP contribution in [0.5, 0.6) is 0 Å². The number of rotatable bonds is 4. The molecule has 7 heteroatoms. The minimum Gasteiger partial charge on any atom is -0.325 e. The number of imidazole rings is 2. The Kier molecular flexibility index (Phi) is 3.76. The van der Waals surface area contributed by atoms with Crippen molar-refractivity contribution < 1.29 is 8.78 Å². The molecule has 3 heterocycles. The van der Waals surface area contributed by atoms with Crippen molar-refractivity contribution in [2.24, 2.45) is 0 Å². The number of hydrogen-bond acceptors (Lipinski definition) is 3. The van der Waals surface area contributed by atoms with E-state index >= 15 is 0 Å². The highest BCUT2D eigenvalue weighted by molar-refractivity contribution is 5.55. The summed E-state index contributed by atoms with van der Waals surface area (Å²) in [4.78, 5) is 13.2. The molecule has 5 nitrogen and oxygen atoms in total. The lowest BCUT2D eigenvalue weighted by Gasteiger charge is -2.08. The molecule has 0 aliphatic rings. The highest BCUT2D eigenvalue weighted by atomic mass is 19.2. The van der Waals surface area contributed by atoms with Gasteiger partial charge >= 0.3 is 0 Å². The number of fused-ring (bicyclic) bond motifs is 1. The van der Waals surface area contributed by atoms with Gasteiger partial charge in [0.2, 0.25) is 5.78 Å². The van der Waals surface area contributed by atoms with E-state index in [0.29, 0.717) is 23.7 Å². The molecule has 0 fully saturated rings. The van der Waals surface area contributed by atoms with Crippen LogP contribution in [0.2, 0.25) is 0 Å². The predicted molar refractivity (Wildman–Crippen MR) is 89.0 cm³/mol.